The number of nitrogens with zero attached hydrogens (tertiary/aromatic N) is 2. The van der Waals surface area contributed by atoms with Gasteiger partial charge in [0.05, 0.1) is 6.54 Å². The highest BCUT2D eigenvalue weighted by atomic mass is 16.2. The van der Waals surface area contributed by atoms with Crippen molar-refractivity contribution in [2.45, 2.75) is 70.6 Å². The minimum atomic E-state index is -0.943. The summed E-state index contributed by atoms with van der Waals surface area (Å²) in [5.74, 6) is -2.81. The van der Waals surface area contributed by atoms with Crippen LogP contribution in [-0.2, 0) is 35.2 Å². The standard InChI is InChI=1S/C28H40N6O6/c1-17(2)24-28(40)33(4)16-23(36)31-21(15-19-9-6-5-7-10-19)26(38)29-13-8-14-34(18(3)25(37)32-24)27(39)20-11-12-22(35)30-20/h5-7,9-10,17-18,20-21,24H,8,11-16H2,1-4H3,(H,29,38)(H,30,35)(H,31,36)(H,32,37)/t18-,20-,21+,24+/m1/s1. The van der Waals surface area contributed by atoms with Gasteiger partial charge in [0.25, 0.3) is 0 Å². The lowest BCUT2D eigenvalue weighted by molar-refractivity contribution is -0.144. The third-order valence-corrected chi connectivity index (χ3v) is 7.22. The molecule has 0 spiro atoms. The van der Waals surface area contributed by atoms with E-state index in [0.29, 0.717) is 12.8 Å². The molecule has 2 aliphatic rings. The average molecular weight is 557 g/mol. The molecule has 4 atom stereocenters. The van der Waals surface area contributed by atoms with Gasteiger partial charge in [-0.05, 0) is 31.2 Å². The van der Waals surface area contributed by atoms with E-state index in [0.717, 1.165) is 5.56 Å². The zero-order valence-electron chi connectivity index (χ0n) is 23.6. The number of hydrogen-bond donors (Lipinski definition) is 4. The second kappa shape index (κ2) is 13.9. The van der Waals surface area contributed by atoms with Crippen molar-refractivity contribution in [3.63, 3.8) is 0 Å². The number of carbonyl (C=O) groups excluding carboxylic acids is 6. The molecule has 2 saturated heterocycles. The van der Waals surface area contributed by atoms with Gasteiger partial charge >= 0.3 is 0 Å². The van der Waals surface area contributed by atoms with E-state index >= 15 is 0 Å². The van der Waals surface area contributed by atoms with Gasteiger partial charge in [-0.1, -0.05) is 44.2 Å². The van der Waals surface area contributed by atoms with E-state index < -0.39 is 47.8 Å². The van der Waals surface area contributed by atoms with E-state index in [1.807, 2.05) is 30.3 Å². The van der Waals surface area contributed by atoms with Gasteiger partial charge in [-0.25, -0.2) is 0 Å². The van der Waals surface area contributed by atoms with E-state index in [9.17, 15) is 28.8 Å². The Kier molecular flexibility index (Phi) is 10.6. The smallest absolute Gasteiger partial charge is 0.245 e. The van der Waals surface area contributed by atoms with E-state index in [2.05, 4.69) is 21.3 Å². The molecule has 2 fully saturated rings. The van der Waals surface area contributed by atoms with Crippen LogP contribution in [0.15, 0.2) is 30.3 Å². The second-order valence-corrected chi connectivity index (χ2v) is 10.7. The van der Waals surface area contributed by atoms with Crippen LogP contribution in [0, 0.1) is 5.92 Å². The van der Waals surface area contributed by atoms with Gasteiger partial charge in [-0.3, -0.25) is 28.8 Å². The number of benzene rings is 1. The van der Waals surface area contributed by atoms with Gasteiger partial charge in [0.2, 0.25) is 35.4 Å². The molecular weight excluding hydrogens is 516 g/mol. The molecule has 0 aliphatic carbocycles. The van der Waals surface area contributed by atoms with Crippen LogP contribution >= 0.6 is 0 Å². The summed E-state index contributed by atoms with van der Waals surface area (Å²) in [6, 6.07) is 5.77. The predicted molar refractivity (Wildman–Crippen MR) is 146 cm³/mol. The summed E-state index contributed by atoms with van der Waals surface area (Å²) < 4.78 is 0. The maximum absolute atomic E-state index is 13.4. The van der Waals surface area contributed by atoms with Gasteiger partial charge in [-0.2, -0.15) is 0 Å². The van der Waals surface area contributed by atoms with E-state index in [-0.39, 0.29) is 50.2 Å². The number of nitrogens with one attached hydrogen (secondary N) is 4. The molecule has 218 valence electrons. The van der Waals surface area contributed by atoms with Crippen LogP contribution in [0.2, 0.25) is 0 Å². The Morgan fingerprint density at radius 3 is 2.30 bits per heavy atom. The van der Waals surface area contributed by atoms with Crippen LogP contribution in [0.4, 0.5) is 0 Å². The molecular formula is C28H40N6O6. The van der Waals surface area contributed by atoms with Crippen LogP contribution in [0.1, 0.15) is 45.6 Å². The average Bonchev–Trinajstić information content (AvgIpc) is 3.36. The number of amides is 6. The SMILES string of the molecule is CC(C)[C@@H]1NC(=O)[C@@H](C)N(C(=O)[C@H]2CCC(=O)N2)CCCNC(=O)[C@H](Cc2ccccc2)NC(=O)CN(C)C1=O. The molecule has 1 aromatic rings. The van der Waals surface area contributed by atoms with Crippen LogP contribution in [0.5, 0.6) is 0 Å². The fourth-order valence-electron chi connectivity index (χ4n) is 4.84. The molecule has 2 heterocycles. The predicted octanol–water partition coefficient (Wildman–Crippen LogP) is -0.671. The Labute approximate surface area is 234 Å². The Morgan fingerprint density at radius 1 is 0.975 bits per heavy atom. The summed E-state index contributed by atoms with van der Waals surface area (Å²) in [6.07, 6.45) is 1.14. The quantitative estimate of drug-likeness (QED) is 0.385. The summed E-state index contributed by atoms with van der Waals surface area (Å²) in [5.41, 5.74) is 0.855. The van der Waals surface area contributed by atoms with Crippen LogP contribution in [0.3, 0.4) is 0 Å². The van der Waals surface area contributed by atoms with Crippen molar-refractivity contribution < 1.29 is 28.8 Å². The lowest BCUT2D eigenvalue weighted by Gasteiger charge is -2.33. The van der Waals surface area contributed by atoms with E-state index in [1.165, 1.54) is 16.8 Å². The highest BCUT2D eigenvalue weighted by Gasteiger charge is 2.37. The van der Waals surface area contributed by atoms with Crippen LogP contribution < -0.4 is 21.3 Å². The van der Waals surface area contributed by atoms with Crippen molar-refractivity contribution in [2.24, 2.45) is 5.92 Å². The van der Waals surface area contributed by atoms with Gasteiger partial charge in [-0.15, -0.1) is 0 Å². The Bertz CT molecular complexity index is 1110. The lowest BCUT2D eigenvalue weighted by atomic mass is 10.0. The Balaban J connectivity index is 1.87. The lowest BCUT2D eigenvalue weighted by Crippen LogP contribution is -2.59. The topological polar surface area (TPSA) is 157 Å². The largest absolute Gasteiger partial charge is 0.354 e. The number of hydrogen-bond acceptors (Lipinski definition) is 6. The third kappa shape index (κ3) is 8.03. The van der Waals surface area contributed by atoms with Gasteiger partial charge < -0.3 is 31.1 Å². The van der Waals surface area contributed by atoms with Crippen molar-refractivity contribution in [3.05, 3.63) is 35.9 Å². The molecule has 0 radical (unpaired) electrons. The van der Waals surface area contributed by atoms with Crippen molar-refractivity contribution in [1.82, 2.24) is 31.1 Å². The zero-order valence-corrected chi connectivity index (χ0v) is 23.6. The molecule has 1 aromatic carbocycles. The summed E-state index contributed by atoms with van der Waals surface area (Å²) in [7, 11) is 1.46. The van der Waals surface area contributed by atoms with Crippen molar-refractivity contribution in [2.75, 3.05) is 26.7 Å². The minimum Gasteiger partial charge on any atom is -0.354 e. The normalized spacial score (nSPS) is 25.8. The summed E-state index contributed by atoms with van der Waals surface area (Å²) in [6.45, 7) is 5.14. The molecule has 12 nitrogen and oxygen atoms in total. The van der Waals surface area contributed by atoms with E-state index in [4.69, 9.17) is 0 Å². The maximum Gasteiger partial charge on any atom is 0.245 e. The Hall–Kier alpha value is -3.96. The highest BCUT2D eigenvalue weighted by molar-refractivity contribution is 5.96. The molecule has 40 heavy (non-hydrogen) atoms. The first-order valence-corrected chi connectivity index (χ1v) is 13.7. The molecule has 0 bridgehead atoms. The van der Waals surface area contributed by atoms with Crippen LogP contribution in [0.25, 0.3) is 0 Å². The minimum absolute atomic E-state index is 0.135. The van der Waals surface area contributed by atoms with Crippen molar-refractivity contribution >= 4 is 35.4 Å². The van der Waals surface area contributed by atoms with Gasteiger partial charge in [0.15, 0.2) is 0 Å². The van der Waals surface area contributed by atoms with Crippen LogP contribution in [-0.4, -0.2) is 96.1 Å². The molecule has 0 unspecified atom stereocenters. The molecule has 12 heteroatoms. The first-order chi connectivity index (χ1) is 19.0. The molecule has 0 saturated carbocycles. The van der Waals surface area contributed by atoms with Crippen molar-refractivity contribution in [3.8, 4) is 0 Å². The van der Waals surface area contributed by atoms with Crippen molar-refractivity contribution in [1.29, 1.82) is 0 Å². The summed E-state index contributed by atoms with van der Waals surface area (Å²) >= 11 is 0. The fourth-order valence-corrected chi connectivity index (χ4v) is 4.84. The molecule has 6 amide bonds. The first-order valence-electron chi connectivity index (χ1n) is 13.7. The molecule has 2 aliphatic heterocycles. The van der Waals surface area contributed by atoms with Gasteiger partial charge in [0.1, 0.15) is 24.2 Å². The van der Waals surface area contributed by atoms with Gasteiger partial charge in [0, 0.05) is 33.0 Å². The second-order valence-electron chi connectivity index (χ2n) is 10.7. The fraction of sp³-hybridized carbons (Fsp3) is 0.571. The van der Waals surface area contributed by atoms with E-state index in [1.54, 1.807) is 20.8 Å². The monoisotopic (exact) mass is 556 g/mol. The number of rotatable bonds is 4. The summed E-state index contributed by atoms with van der Waals surface area (Å²) in [4.78, 5) is 80.3. The Morgan fingerprint density at radius 2 is 1.68 bits per heavy atom. The zero-order chi connectivity index (χ0) is 29.4. The summed E-state index contributed by atoms with van der Waals surface area (Å²) in [5, 5.41) is 11.0. The first kappa shape index (κ1) is 30.6. The third-order valence-electron chi connectivity index (χ3n) is 7.22. The number of likely N-dealkylation sites (N-methyl/N-ethyl adjacent to an activating group) is 1. The molecule has 4 N–H and O–H groups in total. The number of carbonyl (C=O) groups is 6. The highest BCUT2D eigenvalue weighted by Crippen LogP contribution is 2.14. The molecule has 3 rings (SSSR count). The maximum atomic E-state index is 13.4. The molecule has 0 aromatic heterocycles.